The minimum Gasteiger partial charge on any atom is -0.395 e. The van der Waals surface area contributed by atoms with Crippen LogP contribution in [-0.2, 0) is 0 Å². The van der Waals surface area contributed by atoms with E-state index < -0.39 is 5.54 Å². The smallest absolute Gasteiger partial charge is 0.110 e. The summed E-state index contributed by atoms with van der Waals surface area (Å²) in [5.74, 6) is 0.366. The third kappa shape index (κ3) is 2.75. The number of hydrogen-bond acceptors (Lipinski definition) is 3. The number of nitrogens with one attached hydrogen (secondary N) is 1. The van der Waals surface area contributed by atoms with Gasteiger partial charge in [-0.15, -0.1) is 0 Å². The van der Waals surface area contributed by atoms with Crippen molar-refractivity contribution in [1.29, 1.82) is 5.26 Å². The first-order chi connectivity index (χ1) is 7.46. The summed E-state index contributed by atoms with van der Waals surface area (Å²) in [6, 6.07) is 2.49. The van der Waals surface area contributed by atoms with Gasteiger partial charge in [0.2, 0.25) is 0 Å². The molecule has 1 aliphatic rings. The molecule has 1 saturated carbocycles. The van der Waals surface area contributed by atoms with Gasteiger partial charge in [0, 0.05) is 6.54 Å². The van der Waals surface area contributed by atoms with Gasteiger partial charge < -0.3 is 5.11 Å². The Morgan fingerprint density at radius 3 is 2.62 bits per heavy atom. The van der Waals surface area contributed by atoms with E-state index in [0.29, 0.717) is 12.5 Å². The van der Waals surface area contributed by atoms with Crippen LogP contribution in [0, 0.1) is 22.7 Å². The van der Waals surface area contributed by atoms with Crippen LogP contribution < -0.4 is 5.32 Å². The molecule has 2 unspecified atom stereocenters. The Morgan fingerprint density at radius 1 is 1.44 bits per heavy atom. The van der Waals surface area contributed by atoms with E-state index >= 15 is 0 Å². The van der Waals surface area contributed by atoms with Crippen LogP contribution in [0.15, 0.2) is 0 Å². The van der Waals surface area contributed by atoms with Gasteiger partial charge in [0.15, 0.2) is 0 Å². The zero-order valence-corrected chi connectivity index (χ0v) is 10.7. The molecule has 0 aromatic rings. The van der Waals surface area contributed by atoms with E-state index in [0.717, 1.165) is 19.3 Å². The summed E-state index contributed by atoms with van der Waals surface area (Å²) in [6.45, 7) is 7.22. The average Bonchev–Trinajstić information content (AvgIpc) is 2.25. The highest BCUT2D eigenvalue weighted by Crippen LogP contribution is 2.43. The molecule has 0 aliphatic heterocycles. The second-order valence-corrected chi connectivity index (χ2v) is 5.90. The predicted octanol–water partition coefficient (Wildman–Crippen LogP) is 2.07. The lowest BCUT2D eigenvalue weighted by Crippen LogP contribution is -2.56. The maximum absolute atomic E-state index is 9.51. The summed E-state index contributed by atoms with van der Waals surface area (Å²) in [5, 5.41) is 21.7. The SMILES string of the molecule is CC(C)(C)C1CCCCC1(C#N)NCCO. The van der Waals surface area contributed by atoms with Crippen LogP contribution in [0.4, 0.5) is 0 Å². The van der Waals surface area contributed by atoms with E-state index in [-0.39, 0.29) is 12.0 Å². The lowest BCUT2D eigenvalue weighted by atomic mass is 9.62. The van der Waals surface area contributed by atoms with Crippen LogP contribution in [0.3, 0.4) is 0 Å². The monoisotopic (exact) mass is 224 g/mol. The first kappa shape index (κ1) is 13.5. The number of rotatable bonds is 3. The van der Waals surface area contributed by atoms with Crippen molar-refractivity contribution in [2.45, 2.75) is 52.0 Å². The minimum atomic E-state index is -0.431. The highest BCUT2D eigenvalue weighted by Gasteiger charge is 2.46. The van der Waals surface area contributed by atoms with Crippen molar-refractivity contribution in [3.05, 3.63) is 0 Å². The Bertz CT molecular complexity index is 264. The quantitative estimate of drug-likeness (QED) is 0.771. The summed E-state index contributed by atoms with van der Waals surface area (Å²) < 4.78 is 0. The maximum Gasteiger partial charge on any atom is 0.110 e. The number of aliphatic hydroxyl groups excluding tert-OH is 1. The predicted molar refractivity (Wildman–Crippen MR) is 64.8 cm³/mol. The summed E-state index contributed by atoms with van der Waals surface area (Å²) in [5.41, 5.74) is -0.294. The molecule has 92 valence electrons. The summed E-state index contributed by atoms with van der Waals surface area (Å²) >= 11 is 0. The Morgan fingerprint density at radius 2 is 2.12 bits per heavy atom. The van der Waals surface area contributed by atoms with E-state index in [2.05, 4.69) is 32.2 Å². The third-order valence-electron chi connectivity index (χ3n) is 3.71. The second kappa shape index (κ2) is 5.16. The number of nitrogens with zero attached hydrogens (tertiary/aromatic N) is 1. The topological polar surface area (TPSA) is 56.0 Å². The molecule has 0 bridgehead atoms. The standard InChI is InChI=1S/C13H24N2O/c1-12(2,3)11-6-4-5-7-13(11,10-14)15-8-9-16/h11,15-16H,4-9H2,1-3H3. The minimum absolute atomic E-state index is 0.0975. The van der Waals surface area contributed by atoms with Gasteiger partial charge in [-0.25, -0.2) is 0 Å². The van der Waals surface area contributed by atoms with Crippen molar-refractivity contribution in [1.82, 2.24) is 5.32 Å². The normalized spacial score (nSPS) is 31.1. The van der Waals surface area contributed by atoms with Gasteiger partial charge in [-0.1, -0.05) is 33.6 Å². The molecule has 2 N–H and O–H groups in total. The van der Waals surface area contributed by atoms with Crippen LogP contribution in [0.1, 0.15) is 46.5 Å². The number of β-amino-alcohol motifs (C(OH)–C–C–N with tert-alkyl or cyclic N) is 1. The second-order valence-electron chi connectivity index (χ2n) is 5.90. The molecular formula is C13H24N2O. The zero-order valence-electron chi connectivity index (χ0n) is 10.7. The van der Waals surface area contributed by atoms with Gasteiger partial charge in [0.1, 0.15) is 5.54 Å². The first-order valence-corrected chi connectivity index (χ1v) is 6.23. The van der Waals surface area contributed by atoms with Crippen LogP contribution >= 0.6 is 0 Å². The molecule has 1 rings (SSSR count). The average molecular weight is 224 g/mol. The molecular weight excluding hydrogens is 200 g/mol. The molecule has 0 aromatic heterocycles. The van der Waals surface area contributed by atoms with E-state index in [1.165, 1.54) is 6.42 Å². The van der Waals surface area contributed by atoms with Gasteiger partial charge in [0.05, 0.1) is 12.7 Å². The van der Waals surface area contributed by atoms with Crippen LogP contribution in [0.2, 0.25) is 0 Å². The molecule has 0 spiro atoms. The number of hydrogen-bond donors (Lipinski definition) is 2. The Labute approximate surface area is 98.8 Å². The third-order valence-corrected chi connectivity index (χ3v) is 3.71. The Hall–Kier alpha value is -0.590. The van der Waals surface area contributed by atoms with Crippen molar-refractivity contribution < 1.29 is 5.11 Å². The lowest BCUT2D eigenvalue weighted by Gasteiger charge is -2.46. The van der Waals surface area contributed by atoms with Crippen LogP contribution in [0.25, 0.3) is 0 Å². The van der Waals surface area contributed by atoms with Crippen molar-refractivity contribution >= 4 is 0 Å². The van der Waals surface area contributed by atoms with Crippen molar-refractivity contribution in [2.75, 3.05) is 13.2 Å². The van der Waals surface area contributed by atoms with Gasteiger partial charge in [-0.2, -0.15) is 5.26 Å². The molecule has 16 heavy (non-hydrogen) atoms. The van der Waals surface area contributed by atoms with Gasteiger partial charge in [-0.05, 0) is 24.2 Å². The lowest BCUT2D eigenvalue weighted by molar-refractivity contribution is 0.0839. The summed E-state index contributed by atoms with van der Waals surface area (Å²) in [6.07, 6.45) is 4.34. The molecule has 0 aromatic carbocycles. The van der Waals surface area contributed by atoms with E-state index in [4.69, 9.17) is 5.11 Å². The molecule has 0 radical (unpaired) electrons. The highest BCUT2D eigenvalue weighted by atomic mass is 16.3. The van der Waals surface area contributed by atoms with E-state index in [1.807, 2.05) is 0 Å². The number of nitriles is 1. The fraction of sp³-hybridized carbons (Fsp3) is 0.923. The molecule has 0 amide bonds. The molecule has 3 nitrogen and oxygen atoms in total. The van der Waals surface area contributed by atoms with Gasteiger partial charge in [0.25, 0.3) is 0 Å². The fourth-order valence-electron chi connectivity index (χ4n) is 3.01. The fourth-order valence-corrected chi connectivity index (χ4v) is 3.01. The molecule has 1 fully saturated rings. The van der Waals surface area contributed by atoms with Crippen molar-refractivity contribution in [3.63, 3.8) is 0 Å². The molecule has 1 aliphatic carbocycles. The molecule has 3 heteroatoms. The van der Waals surface area contributed by atoms with Crippen molar-refractivity contribution in [3.8, 4) is 6.07 Å². The van der Waals surface area contributed by atoms with Crippen LogP contribution in [0.5, 0.6) is 0 Å². The summed E-state index contributed by atoms with van der Waals surface area (Å²) in [7, 11) is 0. The molecule has 2 atom stereocenters. The Kier molecular flexibility index (Phi) is 4.35. The van der Waals surface area contributed by atoms with Gasteiger partial charge >= 0.3 is 0 Å². The summed E-state index contributed by atoms with van der Waals surface area (Å²) in [4.78, 5) is 0. The molecule has 0 saturated heterocycles. The van der Waals surface area contributed by atoms with Gasteiger partial charge in [-0.3, -0.25) is 5.32 Å². The number of aliphatic hydroxyl groups is 1. The largest absolute Gasteiger partial charge is 0.395 e. The molecule has 0 heterocycles. The first-order valence-electron chi connectivity index (χ1n) is 6.23. The van der Waals surface area contributed by atoms with E-state index in [9.17, 15) is 5.26 Å². The zero-order chi connectivity index (χ0) is 12.2. The Balaban J connectivity index is 2.89. The van der Waals surface area contributed by atoms with Crippen LogP contribution in [-0.4, -0.2) is 23.8 Å². The van der Waals surface area contributed by atoms with E-state index in [1.54, 1.807) is 0 Å². The highest BCUT2D eigenvalue weighted by molar-refractivity contribution is 5.14. The van der Waals surface area contributed by atoms with Crippen molar-refractivity contribution in [2.24, 2.45) is 11.3 Å². The maximum atomic E-state index is 9.51.